The van der Waals surface area contributed by atoms with Crippen molar-refractivity contribution in [2.45, 2.75) is 0 Å². The number of hydrogen-bond acceptors (Lipinski definition) is 3. The second-order valence-electron chi connectivity index (χ2n) is 1.29. The van der Waals surface area contributed by atoms with Crippen molar-refractivity contribution in [1.29, 1.82) is 5.26 Å². The van der Waals surface area contributed by atoms with E-state index < -0.39 is 10.6 Å². The Balaban J connectivity index is 0. The third-order valence-corrected chi connectivity index (χ3v) is 0.516. The van der Waals surface area contributed by atoms with Gasteiger partial charge in [-0.15, -0.1) is 0 Å². The summed E-state index contributed by atoms with van der Waals surface area (Å²) >= 11 is 0. The molecule has 0 aliphatic carbocycles. The summed E-state index contributed by atoms with van der Waals surface area (Å²) in [6.45, 7) is 9.53. The first-order valence-corrected chi connectivity index (χ1v) is 2.57. The molecule has 58 valence electrons. The summed E-state index contributed by atoms with van der Waals surface area (Å²) in [7, 11) is 0. The second-order valence-corrected chi connectivity index (χ2v) is 1.29. The van der Waals surface area contributed by atoms with Crippen LogP contribution >= 0.6 is 0 Å². The van der Waals surface area contributed by atoms with E-state index in [2.05, 4.69) is 19.7 Å². The molecule has 0 saturated carbocycles. The van der Waals surface area contributed by atoms with Crippen LogP contribution in [0.1, 0.15) is 0 Å². The van der Waals surface area contributed by atoms with E-state index in [0.717, 1.165) is 0 Å². The first kappa shape index (κ1) is 11.9. The van der Waals surface area contributed by atoms with Gasteiger partial charge in [0.15, 0.2) is 6.07 Å². The van der Waals surface area contributed by atoms with Crippen LogP contribution in [0.3, 0.4) is 0 Å². The highest BCUT2D eigenvalue weighted by Gasteiger charge is 1.99. The predicted molar refractivity (Wildman–Crippen MR) is 42.1 cm³/mol. The molecular formula is C7H8N2O2. The zero-order valence-electron chi connectivity index (χ0n) is 5.99. The fourth-order valence-electron chi connectivity index (χ4n) is 0.0408. The lowest BCUT2D eigenvalue weighted by Crippen LogP contribution is -1.91. The predicted octanol–water partition coefficient (Wildman–Crippen LogP) is 1.66. The molecule has 0 aliphatic rings. The minimum absolute atomic E-state index is 0.625. The summed E-state index contributed by atoms with van der Waals surface area (Å²) in [6.07, 6.45) is 3.28. The molecule has 0 spiro atoms. The molecule has 0 aromatic heterocycles. The summed E-state index contributed by atoms with van der Waals surface area (Å²) in [5, 5.41) is 17.1. The smallest absolute Gasteiger partial charge is 0.258 e. The van der Waals surface area contributed by atoms with Gasteiger partial charge in [0.1, 0.15) is 0 Å². The fraction of sp³-hybridized carbons (Fsp3) is 0. The average Bonchev–Trinajstić information content (AvgIpc) is 2.03. The normalized spacial score (nSPS) is 6.09. The average molecular weight is 152 g/mol. The van der Waals surface area contributed by atoms with Gasteiger partial charge >= 0.3 is 5.70 Å². The maximum absolute atomic E-state index is 9.41. The topological polar surface area (TPSA) is 66.9 Å². The highest BCUT2D eigenvalue weighted by Crippen LogP contribution is 1.82. The third kappa shape index (κ3) is 11.6. The Hall–Kier alpha value is -1.89. The van der Waals surface area contributed by atoms with Crippen molar-refractivity contribution in [3.63, 3.8) is 0 Å². The summed E-state index contributed by atoms with van der Waals surface area (Å²) in [5.74, 6) is 0. The van der Waals surface area contributed by atoms with Crippen molar-refractivity contribution in [3.8, 4) is 6.07 Å². The van der Waals surface area contributed by atoms with Gasteiger partial charge in [-0.25, -0.2) is 0 Å². The number of nitriles is 1. The SMILES string of the molecule is C=C(C#N)[N+](=O)[O-].C=CC=C. The van der Waals surface area contributed by atoms with Crippen molar-refractivity contribution in [1.82, 2.24) is 0 Å². The van der Waals surface area contributed by atoms with E-state index in [0.29, 0.717) is 0 Å². The van der Waals surface area contributed by atoms with Crippen LogP contribution in [0.25, 0.3) is 0 Å². The quantitative estimate of drug-likeness (QED) is 0.261. The first-order valence-electron chi connectivity index (χ1n) is 2.57. The molecule has 0 saturated heterocycles. The number of nitro groups is 1. The Kier molecular flexibility index (Phi) is 8.74. The van der Waals surface area contributed by atoms with Gasteiger partial charge in [-0.3, -0.25) is 10.1 Å². The van der Waals surface area contributed by atoms with E-state index in [9.17, 15) is 10.1 Å². The van der Waals surface area contributed by atoms with Crippen LogP contribution in [0.5, 0.6) is 0 Å². The summed E-state index contributed by atoms with van der Waals surface area (Å²) in [6, 6.07) is 1.27. The summed E-state index contributed by atoms with van der Waals surface area (Å²) < 4.78 is 0. The molecule has 0 unspecified atom stereocenters. The van der Waals surface area contributed by atoms with Crippen LogP contribution in [-0.2, 0) is 0 Å². The lowest BCUT2D eigenvalue weighted by atomic mass is 10.6. The molecule has 4 nitrogen and oxygen atoms in total. The Morgan fingerprint density at radius 2 is 1.91 bits per heavy atom. The van der Waals surface area contributed by atoms with E-state index in [4.69, 9.17) is 5.26 Å². The molecule has 0 rings (SSSR count). The minimum Gasteiger partial charge on any atom is -0.258 e. The number of hydrogen-bond donors (Lipinski definition) is 0. The Labute approximate surface area is 64.9 Å². The van der Waals surface area contributed by atoms with Gasteiger partial charge in [0.05, 0.1) is 4.92 Å². The molecule has 0 amide bonds. The van der Waals surface area contributed by atoms with Crippen molar-refractivity contribution in [2.24, 2.45) is 0 Å². The molecule has 0 radical (unpaired) electrons. The number of rotatable bonds is 2. The third-order valence-electron chi connectivity index (χ3n) is 0.516. The molecule has 0 aromatic carbocycles. The molecule has 0 aromatic rings. The van der Waals surface area contributed by atoms with Gasteiger partial charge in [-0.1, -0.05) is 25.3 Å². The molecule has 0 bridgehead atoms. The van der Waals surface area contributed by atoms with Crippen molar-refractivity contribution >= 4 is 0 Å². The Morgan fingerprint density at radius 3 is 1.91 bits per heavy atom. The van der Waals surface area contributed by atoms with Crippen LogP contribution in [0, 0.1) is 21.4 Å². The molecule has 0 fully saturated rings. The largest absolute Gasteiger partial charge is 0.338 e. The second kappa shape index (κ2) is 8.11. The van der Waals surface area contributed by atoms with Gasteiger partial charge in [-0.05, 0) is 6.58 Å². The van der Waals surface area contributed by atoms with Gasteiger partial charge in [0.2, 0.25) is 0 Å². The van der Waals surface area contributed by atoms with Gasteiger partial charge in [0.25, 0.3) is 0 Å². The van der Waals surface area contributed by atoms with E-state index in [1.807, 2.05) is 0 Å². The standard InChI is InChI=1S/C4H6.C3H2N2O2/c1-3-4-2;1-3(2-4)5(6)7/h3-4H,1-2H2;1H2. The van der Waals surface area contributed by atoms with Crippen LogP contribution < -0.4 is 0 Å². The van der Waals surface area contributed by atoms with E-state index in [1.165, 1.54) is 6.07 Å². The van der Waals surface area contributed by atoms with Crippen molar-refractivity contribution in [2.75, 3.05) is 0 Å². The van der Waals surface area contributed by atoms with E-state index >= 15 is 0 Å². The molecule has 0 aliphatic heterocycles. The summed E-state index contributed by atoms with van der Waals surface area (Å²) in [4.78, 5) is 8.58. The number of allylic oxidation sites excluding steroid dienone is 3. The van der Waals surface area contributed by atoms with Crippen LogP contribution in [0.4, 0.5) is 0 Å². The van der Waals surface area contributed by atoms with Crippen LogP contribution in [0.15, 0.2) is 37.6 Å². The molecule has 0 atom stereocenters. The zero-order chi connectivity index (χ0) is 9.28. The highest BCUT2D eigenvalue weighted by molar-refractivity contribution is 5.05. The molecular weight excluding hydrogens is 144 g/mol. The van der Waals surface area contributed by atoms with Gasteiger partial charge in [-0.2, -0.15) is 5.26 Å². The molecule has 0 heterocycles. The lowest BCUT2D eigenvalue weighted by Gasteiger charge is -1.75. The zero-order valence-corrected chi connectivity index (χ0v) is 5.99. The Morgan fingerprint density at radius 1 is 1.55 bits per heavy atom. The molecule has 4 heteroatoms. The maximum Gasteiger partial charge on any atom is 0.338 e. The highest BCUT2D eigenvalue weighted by atomic mass is 16.6. The van der Waals surface area contributed by atoms with Crippen LogP contribution in [-0.4, -0.2) is 4.92 Å². The Bertz CT molecular complexity index is 207. The van der Waals surface area contributed by atoms with Crippen LogP contribution in [0.2, 0.25) is 0 Å². The van der Waals surface area contributed by atoms with Gasteiger partial charge < -0.3 is 0 Å². The van der Waals surface area contributed by atoms with Crippen molar-refractivity contribution < 1.29 is 4.92 Å². The molecule has 0 N–H and O–H groups in total. The lowest BCUT2D eigenvalue weighted by molar-refractivity contribution is -0.416. The molecule has 11 heavy (non-hydrogen) atoms. The van der Waals surface area contributed by atoms with Gasteiger partial charge in [0, 0.05) is 0 Å². The first-order chi connectivity index (χ1) is 5.09. The minimum atomic E-state index is -0.833. The number of nitrogens with zero attached hydrogens (tertiary/aromatic N) is 2. The van der Waals surface area contributed by atoms with E-state index in [1.54, 1.807) is 12.2 Å². The summed E-state index contributed by atoms with van der Waals surface area (Å²) in [5.41, 5.74) is -0.625. The maximum atomic E-state index is 9.41. The van der Waals surface area contributed by atoms with Crippen molar-refractivity contribution in [3.05, 3.63) is 47.7 Å². The monoisotopic (exact) mass is 152 g/mol. The fourth-order valence-corrected chi connectivity index (χ4v) is 0.0408. The van der Waals surface area contributed by atoms with E-state index in [-0.39, 0.29) is 0 Å².